The minimum absolute atomic E-state index is 0.690. The molecule has 0 radical (unpaired) electrons. The van der Waals surface area contributed by atoms with Crippen molar-refractivity contribution in [1.29, 1.82) is 5.26 Å². The zero-order chi connectivity index (χ0) is 10.5. The molecule has 0 aliphatic heterocycles. The predicted molar refractivity (Wildman–Crippen MR) is 58.1 cm³/mol. The molecule has 0 aliphatic rings. The highest BCUT2D eigenvalue weighted by Crippen LogP contribution is 1.95. The molecule has 0 heterocycles. The fourth-order valence-electron chi connectivity index (χ4n) is 1.25. The van der Waals surface area contributed by atoms with Gasteiger partial charge in [0.1, 0.15) is 0 Å². The second kappa shape index (κ2) is 12.4. The number of hydrogen-bond donors (Lipinski definition) is 1. The average Bonchev–Trinajstić information content (AvgIpc) is 2.21. The van der Waals surface area contributed by atoms with Crippen molar-refractivity contribution >= 4 is 0 Å². The highest BCUT2D eigenvalue weighted by atomic mass is 16.5. The number of nitriles is 1. The van der Waals surface area contributed by atoms with E-state index in [4.69, 9.17) is 10.00 Å². The standard InChI is InChI=1S/C11H22N2O/c1-14-11-7-3-6-10-13-9-5-2-4-8-12/h13H,2-7,9-11H2,1H3. The first kappa shape index (κ1) is 13.4. The average molecular weight is 198 g/mol. The van der Waals surface area contributed by atoms with Crippen LogP contribution in [0, 0.1) is 11.3 Å². The number of rotatable bonds is 10. The van der Waals surface area contributed by atoms with Crippen LogP contribution < -0.4 is 5.32 Å². The van der Waals surface area contributed by atoms with Crippen molar-refractivity contribution in [3.05, 3.63) is 0 Å². The van der Waals surface area contributed by atoms with Gasteiger partial charge in [0.25, 0.3) is 0 Å². The lowest BCUT2D eigenvalue weighted by molar-refractivity contribution is 0.192. The van der Waals surface area contributed by atoms with Crippen LogP contribution in [0.4, 0.5) is 0 Å². The molecule has 0 rings (SSSR count). The number of ether oxygens (including phenoxy) is 1. The second-order valence-corrected chi connectivity index (χ2v) is 3.42. The monoisotopic (exact) mass is 198 g/mol. The molecule has 1 N–H and O–H groups in total. The Labute approximate surface area is 87.4 Å². The first-order chi connectivity index (χ1) is 6.91. The van der Waals surface area contributed by atoms with E-state index in [1.165, 1.54) is 12.8 Å². The van der Waals surface area contributed by atoms with Gasteiger partial charge in [-0.05, 0) is 45.2 Å². The van der Waals surface area contributed by atoms with E-state index in [0.717, 1.165) is 39.0 Å². The Balaban J connectivity index is 2.82. The molecule has 0 saturated heterocycles. The summed E-state index contributed by atoms with van der Waals surface area (Å²) >= 11 is 0. The summed E-state index contributed by atoms with van der Waals surface area (Å²) in [7, 11) is 1.74. The van der Waals surface area contributed by atoms with Crippen molar-refractivity contribution in [2.75, 3.05) is 26.8 Å². The lowest BCUT2D eigenvalue weighted by Crippen LogP contribution is -2.16. The number of methoxy groups -OCH3 is 1. The summed E-state index contributed by atoms with van der Waals surface area (Å²) in [5.74, 6) is 0. The van der Waals surface area contributed by atoms with E-state index in [0.29, 0.717) is 6.42 Å². The van der Waals surface area contributed by atoms with Crippen molar-refractivity contribution in [3.8, 4) is 6.07 Å². The fourth-order valence-corrected chi connectivity index (χ4v) is 1.25. The molecule has 0 spiro atoms. The molecule has 0 amide bonds. The van der Waals surface area contributed by atoms with Gasteiger partial charge in [0.15, 0.2) is 0 Å². The van der Waals surface area contributed by atoms with Gasteiger partial charge in [-0.2, -0.15) is 5.26 Å². The van der Waals surface area contributed by atoms with Crippen LogP contribution in [0.1, 0.15) is 38.5 Å². The van der Waals surface area contributed by atoms with Gasteiger partial charge < -0.3 is 10.1 Å². The molecule has 0 aromatic carbocycles. The van der Waals surface area contributed by atoms with E-state index in [2.05, 4.69) is 11.4 Å². The van der Waals surface area contributed by atoms with Crippen LogP contribution in [0.3, 0.4) is 0 Å². The summed E-state index contributed by atoms with van der Waals surface area (Å²) in [6.45, 7) is 3.02. The number of nitrogens with one attached hydrogen (secondary N) is 1. The first-order valence-electron chi connectivity index (χ1n) is 5.48. The van der Waals surface area contributed by atoms with Gasteiger partial charge in [0.2, 0.25) is 0 Å². The molecular weight excluding hydrogens is 176 g/mol. The largest absolute Gasteiger partial charge is 0.385 e. The SMILES string of the molecule is COCCCCCNCCCCC#N. The molecule has 3 nitrogen and oxygen atoms in total. The third-order valence-electron chi connectivity index (χ3n) is 2.09. The molecule has 0 bridgehead atoms. The Morgan fingerprint density at radius 1 is 1.07 bits per heavy atom. The molecule has 0 atom stereocenters. The Kier molecular flexibility index (Phi) is 11.9. The zero-order valence-electron chi connectivity index (χ0n) is 9.22. The fraction of sp³-hybridized carbons (Fsp3) is 0.909. The number of hydrogen-bond acceptors (Lipinski definition) is 3. The van der Waals surface area contributed by atoms with E-state index in [-0.39, 0.29) is 0 Å². The molecule has 0 unspecified atom stereocenters. The third kappa shape index (κ3) is 11.4. The van der Waals surface area contributed by atoms with Crippen molar-refractivity contribution in [3.63, 3.8) is 0 Å². The highest BCUT2D eigenvalue weighted by Gasteiger charge is 1.90. The van der Waals surface area contributed by atoms with E-state index >= 15 is 0 Å². The van der Waals surface area contributed by atoms with Crippen molar-refractivity contribution in [2.45, 2.75) is 38.5 Å². The van der Waals surface area contributed by atoms with Crippen LogP contribution >= 0.6 is 0 Å². The van der Waals surface area contributed by atoms with Gasteiger partial charge in [-0.3, -0.25) is 0 Å². The van der Waals surface area contributed by atoms with Crippen LogP contribution in [-0.2, 0) is 4.74 Å². The van der Waals surface area contributed by atoms with E-state index in [9.17, 15) is 0 Å². The number of nitrogens with zero attached hydrogens (tertiary/aromatic N) is 1. The normalized spacial score (nSPS) is 10.0. The Morgan fingerprint density at radius 2 is 1.79 bits per heavy atom. The molecule has 14 heavy (non-hydrogen) atoms. The maximum absolute atomic E-state index is 8.31. The maximum Gasteiger partial charge on any atom is 0.0621 e. The lowest BCUT2D eigenvalue weighted by atomic mass is 10.2. The molecule has 0 aliphatic carbocycles. The highest BCUT2D eigenvalue weighted by molar-refractivity contribution is 4.68. The van der Waals surface area contributed by atoms with Crippen LogP contribution in [0.15, 0.2) is 0 Å². The van der Waals surface area contributed by atoms with Gasteiger partial charge in [0, 0.05) is 20.1 Å². The summed E-state index contributed by atoms with van der Waals surface area (Å²) in [6, 6.07) is 2.15. The Bertz CT molecular complexity index is 143. The van der Waals surface area contributed by atoms with Crippen LogP contribution in [0.5, 0.6) is 0 Å². The molecular formula is C11H22N2O. The predicted octanol–water partition coefficient (Wildman–Crippen LogP) is 2.09. The Morgan fingerprint density at radius 3 is 2.43 bits per heavy atom. The van der Waals surface area contributed by atoms with Gasteiger partial charge in [-0.15, -0.1) is 0 Å². The van der Waals surface area contributed by atoms with E-state index in [1.54, 1.807) is 7.11 Å². The summed E-state index contributed by atoms with van der Waals surface area (Å²) in [4.78, 5) is 0. The van der Waals surface area contributed by atoms with E-state index in [1.807, 2.05) is 0 Å². The molecule has 82 valence electrons. The van der Waals surface area contributed by atoms with Gasteiger partial charge in [0.05, 0.1) is 6.07 Å². The van der Waals surface area contributed by atoms with Crippen molar-refractivity contribution in [2.24, 2.45) is 0 Å². The summed E-state index contributed by atoms with van der Waals surface area (Å²) in [5.41, 5.74) is 0. The van der Waals surface area contributed by atoms with Crippen molar-refractivity contribution < 1.29 is 4.74 Å². The van der Waals surface area contributed by atoms with Gasteiger partial charge >= 0.3 is 0 Å². The van der Waals surface area contributed by atoms with Gasteiger partial charge in [-0.1, -0.05) is 0 Å². The summed E-state index contributed by atoms with van der Waals surface area (Å²) in [6.07, 6.45) is 6.45. The smallest absolute Gasteiger partial charge is 0.0621 e. The van der Waals surface area contributed by atoms with Crippen LogP contribution in [0.25, 0.3) is 0 Å². The van der Waals surface area contributed by atoms with Gasteiger partial charge in [-0.25, -0.2) is 0 Å². The zero-order valence-corrected chi connectivity index (χ0v) is 9.22. The molecule has 0 aromatic heterocycles. The quantitative estimate of drug-likeness (QED) is 0.547. The minimum Gasteiger partial charge on any atom is -0.385 e. The molecule has 3 heteroatoms. The lowest BCUT2D eigenvalue weighted by Gasteiger charge is -2.03. The first-order valence-corrected chi connectivity index (χ1v) is 5.48. The molecule has 0 aromatic rings. The van der Waals surface area contributed by atoms with Crippen LogP contribution in [-0.4, -0.2) is 26.8 Å². The summed E-state index contributed by atoms with van der Waals surface area (Å²) < 4.78 is 4.96. The molecule has 0 saturated carbocycles. The minimum atomic E-state index is 0.690. The topological polar surface area (TPSA) is 45.0 Å². The maximum atomic E-state index is 8.31. The van der Waals surface area contributed by atoms with Crippen LogP contribution in [0.2, 0.25) is 0 Å². The number of unbranched alkanes of at least 4 members (excludes halogenated alkanes) is 4. The second-order valence-electron chi connectivity index (χ2n) is 3.42. The van der Waals surface area contributed by atoms with E-state index < -0.39 is 0 Å². The Hall–Kier alpha value is -0.590. The third-order valence-corrected chi connectivity index (χ3v) is 2.09. The van der Waals surface area contributed by atoms with Crippen molar-refractivity contribution in [1.82, 2.24) is 5.32 Å². The summed E-state index contributed by atoms with van der Waals surface area (Å²) in [5, 5.41) is 11.7. The molecule has 0 fully saturated rings.